The second-order valence-electron chi connectivity index (χ2n) is 6.91. The van der Waals surface area contributed by atoms with Crippen LogP contribution in [-0.2, 0) is 31.6 Å². The second-order valence-corrected chi connectivity index (χ2v) is 11.3. The van der Waals surface area contributed by atoms with E-state index < -0.39 is 59.5 Å². The molecule has 1 aliphatic rings. The number of fused-ring (bicyclic) bond motifs is 1. The molecule has 0 bridgehead atoms. The zero-order chi connectivity index (χ0) is 26.4. The average molecular weight is 558 g/mol. The van der Waals surface area contributed by atoms with Crippen LogP contribution in [0, 0.1) is 17.2 Å². The van der Waals surface area contributed by atoms with Crippen molar-refractivity contribution >= 4 is 40.6 Å². The molecule has 3 rings (SSSR count). The number of aromatic nitrogens is 4. The number of hydrogen-bond acceptors (Lipinski definition) is 13. The molecule has 1 fully saturated rings. The Morgan fingerprint density at radius 3 is 2.54 bits per heavy atom. The summed E-state index contributed by atoms with van der Waals surface area (Å²) in [6.45, 7) is 2.27. The van der Waals surface area contributed by atoms with E-state index >= 15 is 0 Å². The minimum Gasteiger partial charge on any atom is -0.388 e. The number of aliphatic hydroxyl groups excluding tert-OH is 1. The number of nitrogens with one attached hydrogen (secondary N) is 1. The van der Waals surface area contributed by atoms with E-state index in [9.17, 15) is 38.6 Å². The molecule has 1 aliphatic heterocycles. The van der Waals surface area contributed by atoms with Crippen molar-refractivity contribution in [3.05, 3.63) is 29.3 Å². The second kappa shape index (κ2) is 9.30. The first kappa shape index (κ1) is 27.3. The fourth-order valence-corrected chi connectivity index (χ4v) is 6.22. The van der Waals surface area contributed by atoms with Crippen LogP contribution in [0.25, 0.3) is 11.2 Å². The van der Waals surface area contributed by atoms with Crippen LogP contribution >= 0.6 is 23.5 Å². The summed E-state index contributed by atoms with van der Waals surface area (Å²) in [6.07, 6.45) is -0.873. The predicted octanol–water partition coefficient (Wildman–Crippen LogP) is -1.00. The topological polar surface area (TPSA) is 303 Å². The van der Waals surface area contributed by atoms with E-state index in [-0.39, 0.29) is 17.1 Å². The summed E-state index contributed by atoms with van der Waals surface area (Å²) in [5, 5.41) is 20.4. The maximum Gasteiger partial charge on any atom is 0.490 e. The Bertz CT molecular complexity index is 1400. The fraction of sp³-hybridized carbons (Fsp3) is 0.385. The Labute approximate surface area is 193 Å². The van der Waals surface area contributed by atoms with Crippen molar-refractivity contribution in [2.45, 2.75) is 17.9 Å². The zero-order valence-corrected chi connectivity index (χ0v) is 19.7. The molecule has 22 heteroatoms. The number of rotatable bonds is 9. The minimum atomic E-state index is -5.82. The minimum absolute atomic E-state index is 0.100. The van der Waals surface area contributed by atoms with Crippen molar-refractivity contribution in [2.75, 3.05) is 12.3 Å². The molecule has 0 spiro atoms. The third kappa shape index (κ3) is 5.76. The molecule has 6 atom stereocenters. The number of nitrogen functional groups attached to an aromatic ring is 1. The molecule has 0 aromatic carbocycles. The molecule has 0 radical (unpaired) electrons. The van der Waals surface area contributed by atoms with Crippen molar-refractivity contribution in [3.8, 4) is 6.07 Å². The standard InChI is InChI=1S/C13H17N6O13P3/c1-2-6-8(20)13(3-14,4-29-34(25,26)32-35(27,28)31-33(22,23)24)30-11(6)19-5-16-7-9(19)17-12(15)18-10(7)21/h2,5-6,8,11,20H,1,4H2,(H,25,26)(H,27,28)(H2,22,23,24)(H3,15,17,18,21)/t6-,8+,11-,13-/m1/s1. The molecule has 192 valence electrons. The predicted molar refractivity (Wildman–Crippen MR) is 111 cm³/mol. The quantitative estimate of drug-likeness (QED) is 0.143. The molecule has 19 nitrogen and oxygen atoms in total. The Morgan fingerprint density at radius 1 is 1.31 bits per heavy atom. The molecule has 2 aromatic rings. The van der Waals surface area contributed by atoms with Gasteiger partial charge in [-0.2, -0.15) is 18.9 Å². The number of phosphoric ester groups is 1. The van der Waals surface area contributed by atoms with Crippen LogP contribution < -0.4 is 11.3 Å². The number of ether oxygens (including phenoxy) is 1. The van der Waals surface area contributed by atoms with E-state index in [1.807, 2.05) is 0 Å². The van der Waals surface area contributed by atoms with Gasteiger partial charge >= 0.3 is 23.5 Å². The Hall–Kier alpha value is -2.29. The van der Waals surface area contributed by atoms with Gasteiger partial charge in [0.15, 0.2) is 11.2 Å². The third-order valence-corrected chi connectivity index (χ3v) is 8.33. The lowest BCUT2D eigenvalue weighted by Crippen LogP contribution is -2.44. The smallest absolute Gasteiger partial charge is 0.388 e. The number of aliphatic hydroxyl groups is 1. The van der Waals surface area contributed by atoms with Gasteiger partial charge in [-0.3, -0.25) is 18.9 Å². The molecule has 0 aliphatic carbocycles. The lowest BCUT2D eigenvalue weighted by atomic mass is 9.91. The summed E-state index contributed by atoms with van der Waals surface area (Å²) in [6, 6.07) is 1.56. The summed E-state index contributed by atoms with van der Waals surface area (Å²) in [5.74, 6) is -1.41. The van der Waals surface area contributed by atoms with Crippen LogP contribution in [0.15, 0.2) is 23.8 Å². The lowest BCUT2D eigenvalue weighted by Gasteiger charge is -2.25. The molecular formula is C13H17N6O13P3. The zero-order valence-electron chi connectivity index (χ0n) is 17.0. The SMILES string of the molecule is C=C[C@H]1[C@H](n2cnc3c(=O)[nH]c(N)nc32)O[C@](C#N)(COP(=O)(O)OP(=O)(O)OP(=O)(O)O)[C@H]1O. The van der Waals surface area contributed by atoms with Crippen molar-refractivity contribution in [3.63, 3.8) is 0 Å². The number of nitrogens with two attached hydrogens (primary N) is 1. The van der Waals surface area contributed by atoms with Crippen LogP contribution in [0.5, 0.6) is 0 Å². The first-order chi connectivity index (χ1) is 16.0. The highest BCUT2D eigenvalue weighted by Gasteiger charge is 2.57. The van der Waals surface area contributed by atoms with Crippen LogP contribution in [0.1, 0.15) is 6.23 Å². The molecule has 0 amide bonds. The summed E-state index contributed by atoms with van der Waals surface area (Å²) < 4.78 is 52.7. The summed E-state index contributed by atoms with van der Waals surface area (Å²) in [4.78, 5) is 58.1. The number of imidazole rings is 1. The number of H-pyrrole nitrogens is 1. The van der Waals surface area contributed by atoms with E-state index in [1.165, 1.54) is 6.08 Å². The highest BCUT2D eigenvalue weighted by atomic mass is 31.3. The number of nitrogens with zero attached hydrogens (tertiary/aromatic N) is 4. The van der Waals surface area contributed by atoms with Crippen LogP contribution in [-0.4, -0.2) is 62.5 Å². The molecule has 1 saturated heterocycles. The number of phosphoric acid groups is 3. The molecular weight excluding hydrogens is 541 g/mol. The Kier molecular flexibility index (Phi) is 7.25. The van der Waals surface area contributed by atoms with E-state index in [0.29, 0.717) is 0 Å². The van der Waals surface area contributed by atoms with Gasteiger partial charge in [0.25, 0.3) is 5.56 Å². The number of anilines is 1. The third-order valence-electron chi connectivity index (χ3n) is 4.55. The van der Waals surface area contributed by atoms with E-state index in [0.717, 1.165) is 10.9 Å². The fourth-order valence-electron chi connectivity index (χ4n) is 3.17. The lowest BCUT2D eigenvalue weighted by molar-refractivity contribution is -0.0891. The average Bonchev–Trinajstić information content (AvgIpc) is 3.22. The Morgan fingerprint density at radius 2 is 1.97 bits per heavy atom. The maximum absolute atomic E-state index is 12.0. The van der Waals surface area contributed by atoms with Gasteiger partial charge in [0.1, 0.15) is 25.0 Å². The molecule has 0 saturated carbocycles. The van der Waals surface area contributed by atoms with Crippen LogP contribution in [0.2, 0.25) is 0 Å². The van der Waals surface area contributed by atoms with Crippen LogP contribution in [0.3, 0.4) is 0 Å². The van der Waals surface area contributed by atoms with Gasteiger partial charge in [0.05, 0.1) is 12.2 Å². The summed E-state index contributed by atoms with van der Waals surface area (Å²) in [5.41, 5.74) is 2.15. The van der Waals surface area contributed by atoms with Gasteiger partial charge in [0, 0.05) is 0 Å². The summed E-state index contributed by atoms with van der Waals surface area (Å²) >= 11 is 0. The van der Waals surface area contributed by atoms with Gasteiger partial charge in [0.2, 0.25) is 11.5 Å². The molecule has 8 N–H and O–H groups in total. The van der Waals surface area contributed by atoms with Gasteiger partial charge in [-0.15, -0.1) is 6.58 Å². The molecule has 35 heavy (non-hydrogen) atoms. The van der Waals surface area contributed by atoms with Gasteiger partial charge in [-0.25, -0.2) is 18.7 Å². The molecule has 3 heterocycles. The molecule has 2 unspecified atom stereocenters. The highest BCUT2D eigenvalue weighted by Crippen LogP contribution is 2.66. The van der Waals surface area contributed by atoms with Crippen LogP contribution in [0.4, 0.5) is 5.95 Å². The monoisotopic (exact) mass is 558 g/mol. The number of aromatic amines is 1. The summed E-state index contributed by atoms with van der Waals surface area (Å²) in [7, 11) is -17.1. The Balaban J connectivity index is 1.89. The van der Waals surface area contributed by atoms with Crippen molar-refractivity contribution in [1.29, 1.82) is 5.26 Å². The number of hydrogen-bond donors (Lipinski definition) is 7. The van der Waals surface area contributed by atoms with Gasteiger partial charge < -0.3 is 35.2 Å². The van der Waals surface area contributed by atoms with Crippen molar-refractivity contribution in [1.82, 2.24) is 19.5 Å². The van der Waals surface area contributed by atoms with E-state index in [2.05, 4.69) is 34.7 Å². The molecule has 2 aromatic heterocycles. The first-order valence-corrected chi connectivity index (χ1v) is 13.5. The number of nitriles is 1. The largest absolute Gasteiger partial charge is 0.490 e. The van der Waals surface area contributed by atoms with E-state index in [4.69, 9.17) is 20.3 Å². The van der Waals surface area contributed by atoms with Gasteiger partial charge in [-0.05, 0) is 0 Å². The normalized spacial score (nSPS) is 28.3. The van der Waals surface area contributed by atoms with E-state index in [1.54, 1.807) is 6.07 Å². The van der Waals surface area contributed by atoms with Gasteiger partial charge in [-0.1, -0.05) is 6.08 Å². The maximum atomic E-state index is 12.0. The van der Waals surface area contributed by atoms with Crippen molar-refractivity contribution < 1.29 is 56.3 Å². The highest BCUT2D eigenvalue weighted by molar-refractivity contribution is 7.66. The van der Waals surface area contributed by atoms with Crippen molar-refractivity contribution in [2.24, 2.45) is 5.92 Å². The first-order valence-electron chi connectivity index (χ1n) is 8.93.